The fourth-order valence-corrected chi connectivity index (χ4v) is 2.53. The fraction of sp³-hybridized carbons (Fsp3) is 0.333. The van der Waals surface area contributed by atoms with Crippen molar-refractivity contribution in [2.45, 2.75) is 26.8 Å². The van der Waals surface area contributed by atoms with E-state index in [9.17, 15) is 4.79 Å². The predicted octanol–water partition coefficient (Wildman–Crippen LogP) is 2.16. The monoisotopic (exact) mass is 368 g/mol. The molecule has 0 radical (unpaired) electrons. The van der Waals surface area contributed by atoms with Crippen LogP contribution in [0.15, 0.2) is 53.5 Å². The molecule has 0 saturated carbocycles. The largest absolute Gasteiger partial charge is 0.484 e. The van der Waals surface area contributed by atoms with Gasteiger partial charge < -0.3 is 21.1 Å². The van der Waals surface area contributed by atoms with Crippen LogP contribution in [-0.4, -0.2) is 31.6 Å². The maximum absolute atomic E-state index is 10.7. The molecule has 0 spiro atoms. The molecule has 0 aliphatic heterocycles. The first kappa shape index (κ1) is 20.3. The summed E-state index contributed by atoms with van der Waals surface area (Å²) in [5.41, 5.74) is 8.71. The molecule has 0 aliphatic rings. The van der Waals surface area contributed by atoms with Crippen molar-refractivity contribution in [1.29, 1.82) is 0 Å². The van der Waals surface area contributed by atoms with Crippen LogP contribution in [0.25, 0.3) is 0 Å². The Kier molecular flexibility index (Phi) is 8.16. The minimum absolute atomic E-state index is 0.107. The fourth-order valence-electron chi connectivity index (χ4n) is 2.53. The van der Waals surface area contributed by atoms with E-state index in [0.717, 1.165) is 25.5 Å². The van der Waals surface area contributed by atoms with Gasteiger partial charge in [-0.1, -0.05) is 36.4 Å². The Morgan fingerprint density at radius 2 is 1.85 bits per heavy atom. The number of ether oxygens (including phenoxy) is 1. The maximum atomic E-state index is 10.7. The molecule has 2 aromatic carbocycles. The molecule has 0 bridgehead atoms. The van der Waals surface area contributed by atoms with Crippen molar-refractivity contribution >= 4 is 11.9 Å². The van der Waals surface area contributed by atoms with Crippen LogP contribution in [0.4, 0.5) is 0 Å². The molecule has 0 aliphatic carbocycles. The molecule has 4 N–H and O–H groups in total. The molecule has 0 aromatic heterocycles. The van der Waals surface area contributed by atoms with Crippen LogP contribution in [0.5, 0.6) is 5.75 Å². The second kappa shape index (κ2) is 10.9. The van der Waals surface area contributed by atoms with Crippen molar-refractivity contribution in [2.24, 2.45) is 10.7 Å². The smallest absolute Gasteiger partial charge is 0.255 e. The first-order valence-electron chi connectivity index (χ1n) is 9.15. The number of nitrogens with two attached hydrogens (primary N) is 1. The summed E-state index contributed by atoms with van der Waals surface area (Å²) in [5.74, 6) is 0.963. The molecule has 0 heterocycles. The van der Waals surface area contributed by atoms with Gasteiger partial charge in [-0.3, -0.25) is 4.79 Å². The summed E-state index contributed by atoms with van der Waals surface area (Å²) in [7, 11) is 0. The number of amides is 1. The van der Waals surface area contributed by atoms with Gasteiger partial charge in [0.1, 0.15) is 5.75 Å². The summed E-state index contributed by atoms with van der Waals surface area (Å²) in [6.07, 6.45) is 0.852. The standard InChI is InChI=1S/C21H28N4O2/c1-3-23-21(25-14-18-7-5-4-6-16(18)2)24-13-12-17-8-10-19(11-9-17)27-15-20(22)26/h4-11H,3,12-15H2,1-2H3,(H2,22,26)(H2,23,24,25). The van der Waals surface area contributed by atoms with Gasteiger partial charge in [0.05, 0.1) is 6.54 Å². The summed E-state index contributed by atoms with van der Waals surface area (Å²) in [6, 6.07) is 15.9. The van der Waals surface area contributed by atoms with E-state index in [1.807, 2.05) is 36.4 Å². The number of carbonyl (C=O) groups is 1. The molecule has 6 heteroatoms. The number of rotatable bonds is 9. The first-order chi connectivity index (χ1) is 13.1. The third-order valence-corrected chi connectivity index (χ3v) is 4.02. The van der Waals surface area contributed by atoms with Gasteiger partial charge in [-0.05, 0) is 49.1 Å². The molecule has 144 valence electrons. The topological polar surface area (TPSA) is 88.7 Å². The number of hydrogen-bond acceptors (Lipinski definition) is 3. The van der Waals surface area contributed by atoms with E-state index in [0.29, 0.717) is 12.3 Å². The molecule has 0 unspecified atom stereocenters. The molecule has 2 aromatic rings. The van der Waals surface area contributed by atoms with Crippen molar-refractivity contribution in [2.75, 3.05) is 19.7 Å². The lowest BCUT2D eigenvalue weighted by Crippen LogP contribution is -2.38. The van der Waals surface area contributed by atoms with Crippen LogP contribution in [0, 0.1) is 6.92 Å². The average Bonchev–Trinajstić information content (AvgIpc) is 2.66. The van der Waals surface area contributed by atoms with Crippen molar-refractivity contribution in [3.63, 3.8) is 0 Å². The van der Waals surface area contributed by atoms with Crippen LogP contribution in [0.3, 0.4) is 0 Å². The zero-order valence-corrected chi connectivity index (χ0v) is 16.0. The van der Waals surface area contributed by atoms with Crippen LogP contribution in [0.2, 0.25) is 0 Å². The highest BCUT2D eigenvalue weighted by Gasteiger charge is 2.01. The SMILES string of the molecule is CCNC(=NCc1ccccc1C)NCCc1ccc(OCC(N)=O)cc1. The highest BCUT2D eigenvalue weighted by Crippen LogP contribution is 2.12. The number of nitrogens with one attached hydrogen (secondary N) is 2. The quantitative estimate of drug-likeness (QED) is 0.467. The number of aryl methyl sites for hydroxylation is 1. The Morgan fingerprint density at radius 3 is 2.52 bits per heavy atom. The van der Waals surface area contributed by atoms with Crippen LogP contribution in [-0.2, 0) is 17.8 Å². The van der Waals surface area contributed by atoms with Crippen molar-refractivity contribution < 1.29 is 9.53 Å². The van der Waals surface area contributed by atoms with Gasteiger partial charge in [-0.2, -0.15) is 0 Å². The number of carbonyl (C=O) groups excluding carboxylic acids is 1. The highest BCUT2D eigenvalue weighted by molar-refractivity contribution is 5.79. The van der Waals surface area contributed by atoms with Gasteiger partial charge in [-0.25, -0.2) is 4.99 Å². The highest BCUT2D eigenvalue weighted by atomic mass is 16.5. The minimum atomic E-state index is -0.482. The molecular weight excluding hydrogens is 340 g/mol. The second-order valence-electron chi connectivity index (χ2n) is 6.20. The normalized spacial score (nSPS) is 11.1. The Morgan fingerprint density at radius 1 is 1.11 bits per heavy atom. The lowest BCUT2D eigenvalue weighted by Gasteiger charge is -2.12. The van der Waals surface area contributed by atoms with Crippen molar-refractivity contribution in [1.82, 2.24) is 10.6 Å². The number of benzene rings is 2. The summed E-state index contributed by atoms with van der Waals surface area (Å²) in [5, 5.41) is 6.63. The molecule has 0 atom stereocenters. The van der Waals surface area contributed by atoms with Gasteiger partial charge in [0.2, 0.25) is 0 Å². The summed E-state index contributed by atoms with van der Waals surface area (Å²) < 4.78 is 5.26. The lowest BCUT2D eigenvalue weighted by molar-refractivity contribution is -0.119. The number of nitrogens with zero attached hydrogens (tertiary/aromatic N) is 1. The number of hydrogen-bond donors (Lipinski definition) is 3. The van der Waals surface area contributed by atoms with Gasteiger partial charge in [0, 0.05) is 13.1 Å². The number of primary amides is 1. The van der Waals surface area contributed by atoms with Gasteiger partial charge in [0.15, 0.2) is 12.6 Å². The van der Waals surface area contributed by atoms with Crippen LogP contribution >= 0.6 is 0 Å². The van der Waals surface area contributed by atoms with Crippen molar-refractivity contribution in [3.05, 3.63) is 65.2 Å². The Balaban J connectivity index is 1.84. The van der Waals surface area contributed by atoms with Gasteiger partial charge >= 0.3 is 0 Å². The van der Waals surface area contributed by atoms with Crippen molar-refractivity contribution in [3.8, 4) is 5.75 Å². The van der Waals surface area contributed by atoms with Gasteiger partial charge in [-0.15, -0.1) is 0 Å². The van der Waals surface area contributed by atoms with E-state index in [2.05, 4.69) is 41.6 Å². The first-order valence-corrected chi connectivity index (χ1v) is 9.15. The number of guanidine groups is 1. The predicted molar refractivity (Wildman–Crippen MR) is 109 cm³/mol. The van der Waals surface area contributed by atoms with Gasteiger partial charge in [0.25, 0.3) is 5.91 Å². The Hall–Kier alpha value is -3.02. The third-order valence-electron chi connectivity index (χ3n) is 4.02. The van der Waals surface area contributed by atoms with Crippen LogP contribution < -0.4 is 21.1 Å². The second-order valence-corrected chi connectivity index (χ2v) is 6.20. The average molecular weight is 368 g/mol. The lowest BCUT2D eigenvalue weighted by atomic mass is 10.1. The molecule has 2 rings (SSSR count). The van der Waals surface area contributed by atoms with E-state index in [-0.39, 0.29) is 6.61 Å². The molecule has 6 nitrogen and oxygen atoms in total. The minimum Gasteiger partial charge on any atom is -0.484 e. The zero-order chi connectivity index (χ0) is 19.5. The van der Waals surface area contributed by atoms with E-state index in [1.54, 1.807) is 0 Å². The Bertz CT molecular complexity index is 757. The van der Waals surface area contributed by atoms with E-state index in [4.69, 9.17) is 10.5 Å². The molecule has 0 fully saturated rings. The third kappa shape index (κ3) is 7.40. The van der Waals surface area contributed by atoms with E-state index >= 15 is 0 Å². The zero-order valence-electron chi connectivity index (χ0n) is 16.0. The Labute approximate surface area is 160 Å². The molecule has 27 heavy (non-hydrogen) atoms. The number of aliphatic imine (C=N–C) groups is 1. The summed E-state index contributed by atoms with van der Waals surface area (Å²) >= 11 is 0. The maximum Gasteiger partial charge on any atom is 0.255 e. The van der Waals surface area contributed by atoms with E-state index < -0.39 is 5.91 Å². The summed E-state index contributed by atoms with van der Waals surface area (Å²) in [6.45, 7) is 6.27. The molecule has 0 saturated heterocycles. The molecule has 1 amide bonds. The summed E-state index contributed by atoms with van der Waals surface area (Å²) in [4.78, 5) is 15.4. The van der Waals surface area contributed by atoms with Crippen LogP contribution in [0.1, 0.15) is 23.6 Å². The molecular formula is C21H28N4O2. The van der Waals surface area contributed by atoms with E-state index in [1.165, 1.54) is 16.7 Å².